The number of hydrogen-bond acceptors (Lipinski definition) is 5. The van der Waals surface area contributed by atoms with Crippen LogP contribution in [-0.4, -0.2) is 40.8 Å². The molecular weight excluding hydrogens is 392 g/mol. The van der Waals surface area contributed by atoms with E-state index in [0.29, 0.717) is 17.9 Å². The molecule has 2 aromatic rings. The van der Waals surface area contributed by atoms with Crippen molar-refractivity contribution in [2.75, 3.05) is 24.8 Å². The molecule has 2 rings (SSSR count). The van der Waals surface area contributed by atoms with Crippen LogP contribution in [0.3, 0.4) is 0 Å². The molecule has 2 atom stereocenters. The van der Waals surface area contributed by atoms with Crippen LogP contribution in [0, 0.1) is 0 Å². The Labute approximate surface area is 172 Å². The summed E-state index contributed by atoms with van der Waals surface area (Å²) >= 11 is 0. The number of nitrogens with zero attached hydrogens (tertiary/aromatic N) is 1. The van der Waals surface area contributed by atoms with Gasteiger partial charge in [-0.1, -0.05) is 25.1 Å². The predicted octanol–water partition coefficient (Wildman–Crippen LogP) is 3.13. The average molecular weight is 421 g/mol. The van der Waals surface area contributed by atoms with Crippen molar-refractivity contribution in [3.63, 3.8) is 0 Å². The summed E-state index contributed by atoms with van der Waals surface area (Å²) in [5, 5.41) is 2.95. The fourth-order valence-corrected chi connectivity index (χ4v) is 4.27. The van der Waals surface area contributed by atoms with Gasteiger partial charge in [0.15, 0.2) is 0 Å². The molecule has 0 bridgehead atoms. The van der Waals surface area contributed by atoms with E-state index in [9.17, 15) is 13.2 Å². The maximum Gasteiger partial charge on any atom is 0.244 e. The molecule has 1 N–H and O–H groups in total. The minimum Gasteiger partial charge on any atom is -0.497 e. The number of benzene rings is 2. The molecule has 0 spiro atoms. The number of nitrogens with one attached hydrogen (secondary N) is 1. The largest absolute Gasteiger partial charge is 0.497 e. The van der Waals surface area contributed by atoms with Gasteiger partial charge in [-0.15, -0.1) is 0 Å². The Hall–Kier alpha value is -2.74. The van der Waals surface area contributed by atoms with Gasteiger partial charge in [0, 0.05) is 6.07 Å². The molecule has 0 radical (unpaired) electrons. The standard InChI is InChI=1S/C21H28N2O5S/c1-6-20(16-10-12-18(27-3)13-11-16)22-21(24)15(2)23(29(5,25)26)17-8-7-9-19(14-17)28-4/h7-15,20H,6H2,1-5H3,(H,22,24)/t15-,20+/m1/s1. The summed E-state index contributed by atoms with van der Waals surface area (Å²) in [6, 6.07) is 12.9. The molecule has 7 nitrogen and oxygen atoms in total. The van der Waals surface area contributed by atoms with Crippen LogP contribution in [0.1, 0.15) is 31.9 Å². The molecule has 158 valence electrons. The summed E-state index contributed by atoms with van der Waals surface area (Å²) in [6.07, 6.45) is 1.74. The van der Waals surface area contributed by atoms with Gasteiger partial charge < -0.3 is 14.8 Å². The van der Waals surface area contributed by atoms with Crippen molar-refractivity contribution >= 4 is 21.6 Å². The predicted molar refractivity (Wildman–Crippen MR) is 114 cm³/mol. The van der Waals surface area contributed by atoms with E-state index < -0.39 is 16.1 Å². The lowest BCUT2D eigenvalue weighted by Gasteiger charge is -2.30. The summed E-state index contributed by atoms with van der Waals surface area (Å²) < 4.78 is 36.4. The number of hydrogen-bond donors (Lipinski definition) is 1. The molecule has 0 unspecified atom stereocenters. The first-order chi connectivity index (χ1) is 13.7. The maximum absolute atomic E-state index is 13.0. The number of amides is 1. The molecule has 0 aliphatic heterocycles. The number of carbonyl (C=O) groups is 1. The number of carbonyl (C=O) groups excluding carboxylic acids is 1. The molecule has 0 aliphatic carbocycles. The molecule has 0 heterocycles. The van der Waals surface area contributed by atoms with Crippen LogP contribution < -0.4 is 19.1 Å². The number of ether oxygens (including phenoxy) is 2. The minimum atomic E-state index is -3.70. The van der Waals surface area contributed by atoms with Crippen LogP contribution in [-0.2, 0) is 14.8 Å². The van der Waals surface area contributed by atoms with Gasteiger partial charge in [0.1, 0.15) is 17.5 Å². The third-order valence-electron chi connectivity index (χ3n) is 4.64. The summed E-state index contributed by atoms with van der Waals surface area (Å²) in [5.41, 5.74) is 1.29. The second-order valence-corrected chi connectivity index (χ2v) is 8.54. The first kappa shape index (κ1) is 22.5. The van der Waals surface area contributed by atoms with Gasteiger partial charge in [0.05, 0.1) is 32.2 Å². The topological polar surface area (TPSA) is 84.9 Å². The minimum absolute atomic E-state index is 0.248. The van der Waals surface area contributed by atoms with E-state index in [4.69, 9.17) is 9.47 Å². The van der Waals surface area contributed by atoms with Gasteiger partial charge in [-0.05, 0) is 43.2 Å². The smallest absolute Gasteiger partial charge is 0.244 e. The monoisotopic (exact) mass is 420 g/mol. The zero-order valence-electron chi connectivity index (χ0n) is 17.4. The first-order valence-corrected chi connectivity index (χ1v) is 11.1. The average Bonchev–Trinajstić information content (AvgIpc) is 2.71. The zero-order valence-corrected chi connectivity index (χ0v) is 18.2. The molecular formula is C21H28N2O5S. The van der Waals surface area contributed by atoms with Crippen molar-refractivity contribution in [2.45, 2.75) is 32.4 Å². The second-order valence-electron chi connectivity index (χ2n) is 6.68. The molecule has 2 aromatic carbocycles. The van der Waals surface area contributed by atoms with Crippen molar-refractivity contribution < 1.29 is 22.7 Å². The zero-order chi connectivity index (χ0) is 21.6. The molecule has 29 heavy (non-hydrogen) atoms. The highest BCUT2D eigenvalue weighted by molar-refractivity contribution is 7.92. The first-order valence-electron chi connectivity index (χ1n) is 9.29. The number of rotatable bonds is 9. The van der Waals surface area contributed by atoms with Gasteiger partial charge in [-0.25, -0.2) is 8.42 Å². The van der Waals surface area contributed by atoms with Crippen molar-refractivity contribution in [1.29, 1.82) is 0 Å². The Balaban J connectivity index is 2.27. The summed E-state index contributed by atoms with van der Waals surface area (Å²) in [5.74, 6) is 0.846. The molecule has 1 amide bonds. The van der Waals surface area contributed by atoms with E-state index >= 15 is 0 Å². The highest BCUT2D eigenvalue weighted by Crippen LogP contribution is 2.26. The van der Waals surface area contributed by atoms with Crippen LogP contribution in [0.25, 0.3) is 0 Å². The van der Waals surface area contributed by atoms with Crippen molar-refractivity contribution in [2.24, 2.45) is 0 Å². The molecule has 8 heteroatoms. The van der Waals surface area contributed by atoms with E-state index in [1.807, 2.05) is 31.2 Å². The van der Waals surface area contributed by atoms with Crippen molar-refractivity contribution in [3.8, 4) is 11.5 Å². The SMILES string of the molecule is CC[C@H](NC(=O)[C@@H](C)N(c1cccc(OC)c1)S(C)(=O)=O)c1ccc(OC)cc1. The lowest BCUT2D eigenvalue weighted by Crippen LogP contribution is -2.48. The van der Waals surface area contributed by atoms with Gasteiger partial charge in [0.25, 0.3) is 0 Å². The number of anilines is 1. The Morgan fingerprint density at radius 3 is 2.21 bits per heavy atom. The lowest BCUT2D eigenvalue weighted by atomic mass is 10.0. The summed E-state index contributed by atoms with van der Waals surface area (Å²) in [7, 11) is -0.611. The van der Waals surface area contributed by atoms with Crippen LogP contribution in [0.15, 0.2) is 48.5 Å². The van der Waals surface area contributed by atoms with Crippen LogP contribution in [0.2, 0.25) is 0 Å². The van der Waals surface area contributed by atoms with E-state index in [1.165, 1.54) is 7.11 Å². The number of sulfonamides is 1. The lowest BCUT2D eigenvalue weighted by molar-refractivity contribution is -0.122. The van der Waals surface area contributed by atoms with Crippen LogP contribution in [0.5, 0.6) is 11.5 Å². The highest BCUT2D eigenvalue weighted by atomic mass is 32.2. The molecule has 0 saturated carbocycles. The molecule has 0 aliphatic rings. The van der Waals surface area contributed by atoms with Crippen molar-refractivity contribution in [1.82, 2.24) is 5.32 Å². The highest BCUT2D eigenvalue weighted by Gasteiger charge is 2.30. The van der Waals surface area contributed by atoms with E-state index in [0.717, 1.165) is 21.9 Å². The molecule has 0 aromatic heterocycles. The molecule has 0 fully saturated rings. The Bertz CT molecular complexity index is 928. The Morgan fingerprint density at radius 1 is 1.07 bits per heavy atom. The van der Waals surface area contributed by atoms with Gasteiger partial charge in [-0.2, -0.15) is 0 Å². The van der Waals surface area contributed by atoms with Crippen LogP contribution >= 0.6 is 0 Å². The van der Waals surface area contributed by atoms with Crippen LogP contribution in [0.4, 0.5) is 5.69 Å². The second kappa shape index (κ2) is 9.65. The summed E-state index contributed by atoms with van der Waals surface area (Å²) in [4.78, 5) is 13.0. The van der Waals surface area contributed by atoms with Gasteiger partial charge >= 0.3 is 0 Å². The Morgan fingerprint density at radius 2 is 1.69 bits per heavy atom. The van der Waals surface area contributed by atoms with E-state index in [-0.39, 0.29) is 11.9 Å². The van der Waals surface area contributed by atoms with E-state index in [2.05, 4.69) is 5.32 Å². The quantitative estimate of drug-likeness (QED) is 0.674. The molecule has 0 saturated heterocycles. The fraction of sp³-hybridized carbons (Fsp3) is 0.381. The fourth-order valence-electron chi connectivity index (χ4n) is 3.11. The third-order valence-corrected chi connectivity index (χ3v) is 5.88. The number of methoxy groups -OCH3 is 2. The summed E-state index contributed by atoms with van der Waals surface area (Å²) in [6.45, 7) is 3.52. The maximum atomic E-state index is 13.0. The normalized spacial score (nSPS) is 13.3. The Kier molecular flexibility index (Phi) is 7.50. The van der Waals surface area contributed by atoms with Gasteiger partial charge in [-0.3, -0.25) is 9.10 Å². The van der Waals surface area contributed by atoms with Crippen molar-refractivity contribution in [3.05, 3.63) is 54.1 Å². The van der Waals surface area contributed by atoms with Gasteiger partial charge in [0.2, 0.25) is 15.9 Å². The third kappa shape index (κ3) is 5.63. The van der Waals surface area contributed by atoms with E-state index in [1.54, 1.807) is 38.3 Å².